The molecule has 3 heterocycles. The normalized spacial score (nSPS) is 18.7. The Kier molecular flexibility index (Phi) is 15.3. The molecular formula is C42H62N8O7S. The SMILES string of the molecule is CC(C)CC(NC(=O)[C@@H](Cc1ccccc1)NC(=O)[C@H](N)Cc1ccccc1)C(=O)N[C@H](CCCCN)C(=O)N1CCC2(CC1)CN(C(=O)N1CC(S(C)(=O)=O)C1)C2. The van der Waals surface area contributed by atoms with Gasteiger partial charge in [0.25, 0.3) is 0 Å². The third kappa shape index (κ3) is 12.0. The van der Waals surface area contributed by atoms with E-state index >= 15 is 0 Å². The highest BCUT2D eigenvalue weighted by Gasteiger charge is 2.50. The fraction of sp³-hybridized carbons (Fsp3) is 0.595. The Morgan fingerprint density at radius 2 is 1.28 bits per heavy atom. The molecule has 15 nitrogen and oxygen atoms in total. The zero-order chi connectivity index (χ0) is 42.0. The molecule has 3 aliphatic rings. The number of hydrogen-bond donors (Lipinski definition) is 5. The molecule has 3 saturated heterocycles. The molecule has 0 aromatic heterocycles. The van der Waals surface area contributed by atoms with Gasteiger partial charge < -0.3 is 42.1 Å². The monoisotopic (exact) mass is 822 g/mol. The van der Waals surface area contributed by atoms with Crippen LogP contribution in [0.15, 0.2) is 60.7 Å². The lowest BCUT2D eigenvalue weighted by molar-refractivity contribution is -0.141. The molecule has 58 heavy (non-hydrogen) atoms. The number of carbonyl (C=O) groups excluding carboxylic acids is 5. The lowest BCUT2D eigenvalue weighted by Crippen LogP contribution is -2.68. The third-order valence-electron chi connectivity index (χ3n) is 11.6. The first-order valence-electron chi connectivity index (χ1n) is 20.5. The Morgan fingerprint density at radius 3 is 1.83 bits per heavy atom. The molecule has 0 radical (unpaired) electrons. The molecule has 1 unspecified atom stereocenters. The second kappa shape index (κ2) is 19.9. The van der Waals surface area contributed by atoms with Crippen molar-refractivity contribution in [2.24, 2.45) is 22.8 Å². The van der Waals surface area contributed by atoms with E-state index in [1.165, 1.54) is 6.26 Å². The maximum absolute atomic E-state index is 14.1. The van der Waals surface area contributed by atoms with Crippen molar-refractivity contribution in [1.29, 1.82) is 0 Å². The number of piperidine rings is 1. The van der Waals surface area contributed by atoms with E-state index in [1.807, 2.05) is 74.5 Å². The minimum absolute atomic E-state index is 0.0123. The van der Waals surface area contributed by atoms with Gasteiger partial charge in [0, 0.05) is 57.4 Å². The number of nitrogens with two attached hydrogens (primary N) is 2. The number of hydrogen-bond acceptors (Lipinski definition) is 9. The van der Waals surface area contributed by atoms with E-state index in [4.69, 9.17) is 11.5 Å². The summed E-state index contributed by atoms with van der Waals surface area (Å²) in [7, 11) is -3.17. The lowest BCUT2D eigenvalue weighted by Gasteiger charge is -2.55. The van der Waals surface area contributed by atoms with Crippen molar-refractivity contribution in [3.05, 3.63) is 71.8 Å². The average molecular weight is 823 g/mol. The Bertz CT molecular complexity index is 1830. The van der Waals surface area contributed by atoms with Crippen molar-refractivity contribution in [1.82, 2.24) is 30.7 Å². The maximum atomic E-state index is 14.1. The van der Waals surface area contributed by atoms with Gasteiger partial charge >= 0.3 is 6.03 Å². The fourth-order valence-corrected chi connectivity index (χ4v) is 8.90. The number of nitrogens with zero attached hydrogens (tertiary/aromatic N) is 3. The maximum Gasteiger partial charge on any atom is 0.320 e. The van der Waals surface area contributed by atoms with Crippen LogP contribution in [0.25, 0.3) is 0 Å². The van der Waals surface area contributed by atoms with Gasteiger partial charge in [0.05, 0.1) is 11.3 Å². The molecule has 3 aliphatic heterocycles. The van der Waals surface area contributed by atoms with Gasteiger partial charge in [-0.3, -0.25) is 19.2 Å². The highest BCUT2D eigenvalue weighted by Crippen LogP contribution is 2.41. The second-order valence-electron chi connectivity index (χ2n) is 16.9. The van der Waals surface area contributed by atoms with Gasteiger partial charge in [-0.05, 0) is 68.5 Å². The molecule has 2 aromatic carbocycles. The summed E-state index contributed by atoms with van der Waals surface area (Å²) in [5.74, 6) is -1.69. The summed E-state index contributed by atoms with van der Waals surface area (Å²) >= 11 is 0. The molecule has 1 spiro atoms. The summed E-state index contributed by atoms with van der Waals surface area (Å²) in [6.07, 6.45) is 5.04. The highest BCUT2D eigenvalue weighted by molar-refractivity contribution is 7.91. The van der Waals surface area contributed by atoms with Crippen LogP contribution in [-0.4, -0.2) is 134 Å². The zero-order valence-corrected chi connectivity index (χ0v) is 34.9. The Balaban J connectivity index is 1.20. The van der Waals surface area contributed by atoms with E-state index in [9.17, 15) is 32.4 Å². The standard InChI is InChI=1S/C42H62N8O7S/c1-29(2)22-35(47-39(53)36(24-31-14-8-5-9-15-31)46-37(51)33(44)23-30-12-6-4-7-13-30)38(52)45-34(16-10-11-19-43)40(54)48-20-17-42(18-21-48)27-50(28-42)41(55)49-25-32(26-49)58(3,56)57/h4-9,12-15,29,32-36H,10-11,16-28,43-44H2,1-3H3,(H,45,52)(H,46,51)(H,47,53)/t33-,34-,35?,36-/m1/s1. The summed E-state index contributed by atoms with van der Waals surface area (Å²) in [6.45, 7) is 6.84. The first-order valence-corrected chi connectivity index (χ1v) is 22.5. The van der Waals surface area contributed by atoms with Crippen molar-refractivity contribution in [3.63, 3.8) is 0 Å². The van der Waals surface area contributed by atoms with Gasteiger partial charge in [0.15, 0.2) is 9.84 Å². The number of sulfone groups is 1. The van der Waals surface area contributed by atoms with Crippen molar-refractivity contribution in [3.8, 4) is 0 Å². The predicted octanol–water partition coefficient (Wildman–Crippen LogP) is 1.20. The van der Waals surface area contributed by atoms with E-state index in [0.29, 0.717) is 71.2 Å². The van der Waals surface area contributed by atoms with Gasteiger partial charge in [-0.15, -0.1) is 0 Å². The van der Waals surface area contributed by atoms with Gasteiger partial charge in [0.2, 0.25) is 23.6 Å². The number of benzene rings is 2. The minimum atomic E-state index is -3.17. The Morgan fingerprint density at radius 1 is 0.741 bits per heavy atom. The molecule has 2 aromatic rings. The number of unbranched alkanes of at least 4 members (excludes halogenated alkanes) is 1. The highest BCUT2D eigenvalue weighted by atomic mass is 32.2. The van der Waals surface area contributed by atoms with Crippen LogP contribution >= 0.6 is 0 Å². The van der Waals surface area contributed by atoms with Crippen molar-refractivity contribution in [2.45, 2.75) is 94.6 Å². The van der Waals surface area contributed by atoms with Crippen LogP contribution in [0.2, 0.25) is 0 Å². The molecule has 0 bridgehead atoms. The van der Waals surface area contributed by atoms with Gasteiger partial charge in [-0.1, -0.05) is 74.5 Å². The van der Waals surface area contributed by atoms with Crippen LogP contribution in [0.3, 0.4) is 0 Å². The van der Waals surface area contributed by atoms with E-state index < -0.39 is 57.0 Å². The fourth-order valence-electron chi connectivity index (χ4n) is 8.00. The summed E-state index contributed by atoms with van der Waals surface area (Å²) in [4.78, 5) is 73.6. The number of carbonyl (C=O) groups is 5. The summed E-state index contributed by atoms with van der Waals surface area (Å²) in [5, 5.41) is 8.21. The van der Waals surface area contributed by atoms with Gasteiger partial charge in [-0.25, -0.2) is 13.2 Å². The molecule has 0 aliphatic carbocycles. The zero-order valence-electron chi connectivity index (χ0n) is 34.1. The number of urea groups is 1. The number of likely N-dealkylation sites (tertiary alicyclic amines) is 3. The van der Waals surface area contributed by atoms with Crippen LogP contribution in [-0.2, 0) is 41.9 Å². The largest absolute Gasteiger partial charge is 0.343 e. The van der Waals surface area contributed by atoms with Crippen LogP contribution in [0.5, 0.6) is 0 Å². The molecule has 4 atom stereocenters. The predicted molar refractivity (Wildman–Crippen MR) is 222 cm³/mol. The molecule has 7 N–H and O–H groups in total. The second-order valence-corrected chi connectivity index (χ2v) is 19.2. The molecule has 318 valence electrons. The van der Waals surface area contributed by atoms with Crippen LogP contribution < -0.4 is 27.4 Å². The molecule has 3 fully saturated rings. The van der Waals surface area contributed by atoms with Gasteiger partial charge in [-0.2, -0.15) is 0 Å². The van der Waals surface area contributed by atoms with Crippen molar-refractivity contribution >= 4 is 39.5 Å². The van der Waals surface area contributed by atoms with Crippen molar-refractivity contribution < 1.29 is 32.4 Å². The summed E-state index contributed by atoms with van der Waals surface area (Å²) < 4.78 is 23.6. The molecule has 0 saturated carbocycles. The minimum Gasteiger partial charge on any atom is -0.343 e. The Labute approximate surface area is 342 Å². The van der Waals surface area contributed by atoms with Crippen molar-refractivity contribution in [2.75, 3.05) is 52.1 Å². The first-order chi connectivity index (χ1) is 27.6. The molecular weight excluding hydrogens is 761 g/mol. The van der Waals surface area contributed by atoms with Crippen LogP contribution in [0.4, 0.5) is 4.79 Å². The number of rotatable bonds is 18. The van der Waals surface area contributed by atoms with E-state index in [2.05, 4.69) is 16.0 Å². The molecule has 6 amide bonds. The smallest absolute Gasteiger partial charge is 0.320 e. The number of amides is 6. The summed E-state index contributed by atoms with van der Waals surface area (Å²) in [5.41, 5.74) is 13.7. The average Bonchev–Trinajstić information content (AvgIpc) is 3.15. The van der Waals surface area contributed by atoms with Crippen LogP contribution in [0, 0.1) is 11.3 Å². The Hall–Kier alpha value is -4.54. The third-order valence-corrected chi connectivity index (χ3v) is 13.1. The number of nitrogens with one attached hydrogen (secondary N) is 3. The molecule has 16 heteroatoms. The first kappa shape index (κ1) is 44.6. The topological polar surface area (TPSA) is 217 Å². The van der Waals surface area contributed by atoms with E-state index in [1.54, 1.807) is 14.7 Å². The summed E-state index contributed by atoms with van der Waals surface area (Å²) in [6, 6.07) is 14.8. The van der Waals surface area contributed by atoms with Gasteiger partial charge in [0.1, 0.15) is 18.1 Å². The van der Waals surface area contributed by atoms with E-state index in [-0.39, 0.29) is 49.2 Å². The van der Waals surface area contributed by atoms with E-state index in [0.717, 1.165) is 11.1 Å². The molecule has 5 rings (SSSR count). The van der Waals surface area contributed by atoms with Crippen LogP contribution in [0.1, 0.15) is 63.5 Å². The quantitative estimate of drug-likeness (QED) is 0.136. The lowest BCUT2D eigenvalue weighted by atomic mass is 9.72.